The molecule has 4 heteroatoms. The molecule has 0 aliphatic heterocycles. The van der Waals surface area contributed by atoms with Gasteiger partial charge < -0.3 is 15.1 Å². The summed E-state index contributed by atoms with van der Waals surface area (Å²) in [6, 6.07) is 0. The Balaban J connectivity index is 1.71. The molecule has 0 spiro atoms. The summed E-state index contributed by atoms with van der Waals surface area (Å²) in [6.07, 6.45) is 18.4. The van der Waals surface area contributed by atoms with Crippen LogP contribution in [0.1, 0.15) is 79.6 Å². The number of oxime groups is 1. The maximum atomic E-state index is 10.2. The van der Waals surface area contributed by atoms with Crippen molar-refractivity contribution < 1.29 is 15.1 Å². The van der Waals surface area contributed by atoms with Gasteiger partial charge in [0.05, 0.1) is 17.9 Å². The van der Waals surface area contributed by atoms with E-state index in [0.717, 1.165) is 36.1 Å². The van der Waals surface area contributed by atoms with Crippen molar-refractivity contribution in [3.05, 3.63) is 71.9 Å². The van der Waals surface area contributed by atoms with Gasteiger partial charge in [-0.25, -0.2) is 0 Å². The summed E-state index contributed by atoms with van der Waals surface area (Å²) in [7, 11) is 0. The van der Waals surface area contributed by atoms with Gasteiger partial charge in [-0.15, -0.1) is 0 Å². The van der Waals surface area contributed by atoms with E-state index in [2.05, 4.69) is 83.3 Å². The van der Waals surface area contributed by atoms with Crippen molar-refractivity contribution >= 4 is 5.71 Å². The van der Waals surface area contributed by atoms with Crippen molar-refractivity contribution in [2.24, 2.45) is 27.8 Å². The van der Waals surface area contributed by atoms with Crippen molar-refractivity contribution in [2.75, 3.05) is 6.61 Å². The number of nitrogens with zero attached hydrogens (tertiary/aromatic N) is 1. The summed E-state index contributed by atoms with van der Waals surface area (Å²) in [5.41, 5.74) is 5.87. The molecule has 0 saturated heterocycles. The molecule has 4 nitrogen and oxygen atoms in total. The highest BCUT2D eigenvalue weighted by molar-refractivity contribution is 5.98. The first kappa shape index (κ1) is 28.4. The van der Waals surface area contributed by atoms with Gasteiger partial charge in [-0.1, -0.05) is 94.5 Å². The molecule has 2 N–H and O–H groups in total. The third-order valence-corrected chi connectivity index (χ3v) is 8.30. The number of allylic oxidation sites excluding steroid dienone is 7. The topological polar surface area (TPSA) is 62.0 Å². The van der Waals surface area contributed by atoms with Crippen LogP contribution < -0.4 is 0 Å². The first-order valence-electron chi connectivity index (χ1n) is 13.6. The standard InChI is InChI=1S/C32H47NO3/c1-8-19-36-33-30(31(4,5)6)13-9-11-22(2)27-16-17-28-24(12-10-18-32(27,28)7)14-15-25-20-26(34)21-29(35)23(25)3/h8-9,13-16,22,26,28-29,34-35H,1,3,10-12,17-21H2,2,4-7H3/b13-9+,24-14+,25-15-,33-30+/t22-,26+,28-,29-,32+/m0/s1. The van der Waals surface area contributed by atoms with Crippen LogP contribution in [-0.4, -0.2) is 34.7 Å². The molecular weight excluding hydrogens is 446 g/mol. The van der Waals surface area contributed by atoms with Crippen molar-refractivity contribution in [3.8, 4) is 0 Å². The molecule has 0 bridgehead atoms. The van der Waals surface area contributed by atoms with Crippen LogP contribution in [0.5, 0.6) is 0 Å². The Hall–Kier alpha value is -2.17. The zero-order valence-corrected chi connectivity index (χ0v) is 23.1. The molecule has 0 aromatic rings. The molecular formula is C32H47NO3. The maximum Gasteiger partial charge on any atom is 0.135 e. The van der Waals surface area contributed by atoms with E-state index in [1.54, 1.807) is 11.6 Å². The highest BCUT2D eigenvalue weighted by atomic mass is 16.6. The van der Waals surface area contributed by atoms with Crippen LogP contribution in [0.3, 0.4) is 0 Å². The second-order valence-corrected chi connectivity index (χ2v) is 12.1. The van der Waals surface area contributed by atoms with E-state index < -0.39 is 12.2 Å². The number of hydrogen-bond acceptors (Lipinski definition) is 4. The van der Waals surface area contributed by atoms with Gasteiger partial charge in [-0.2, -0.15) is 0 Å². The zero-order valence-electron chi connectivity index (χ0n) is 23.1. The summed E-state index contributed by atoms with van der Waals surface area (Å²) in [5.74, 6) is 0.989. The van der Waals surface area contributed by atoms with Gasteiger partial charge in [0.25, 0.3) is 0 Å². The molecule has 2 fully saturated rings. The van der Waals surface area contributed by atoms with Crippen LogP contribution >= 0.6 is 0 Å². The maximum absolute atomic E-state index is 10.2. The summed E-state index contributed by atoms with van der Waals surface area (Å²) in [4.78, 5) is 5.38. The number of rotatable bonds is 8. The van der Waals surface area contributed by atoms with Gasteiger partial charge in [-0.3, -0.25) is 0 Å². The van der Waals surface area contributed by atoms with E-state index in [1.165, 1.54) is 18.4 Å². The fourth-order valence-electron chi connectivity index (χ4n) is 6.17. The highest BCUT2D eigenvalue weighted by Gasteiger charge is 2.45. The minimum absolute atomic E-state index is 0.0854. The van der Waals surface area contributed by atoms with Gasteiger partial charge >= 0.3 is 0 Å². The van der Waals surface area contributed by atoms with Crippen LogP contribution in [-0.2, 0) is 4.84 Å². The van der Waals surface area contributed by atoms with Crippen molar-refractivity contribution in [1.82, 2.24) is 0 Å². The summed E-state index contributed by atoms with van der Waals surface area (Å²) >= 11 is 0. The third kappa shape index (κ3) is 6.58. The monoisotopic (exact) mass is 493 g/mol. The van der Waals surface area contributed by atoms with Gasteiger partial charge in [0.2, 0.25) is 0 Å². The third-order valence-electron chi connectivity index (χ3n) is 8.30. The van der Waals surface area contributed by atoms with Crippen molar-refractivity contribution in [1.29, 1.82) is 0 Å². The molecule has 0 amide bonds. The molecule has 36 heavy (non-hydrogen) atoms. The van der Waals surface area contributed by atoms with E-state index in [4.69, 9.17) is 4.84 Å². The molecule has 3 aliphatic rings. The highest BCUT2D eigenvalue weighted by Crippen LogP contribution is 2.57. The zero-order chi connectivity index (χ0) is 26.5. The molecule has 0 unspecified atom stereocenters. The normalized spacial score (nSPS) is 32.6. The Bertz CT molecular complexity index is 974. The predicted octanol–water partition coefficient (Wildman–Crippen LogP) is 7.23. The molecule has 3 rings (SSSR count). The summed E-state index contributed by atoms with van der Waals surface area (Å²) in [5, 5.41) is 24.6. The lowest BCUT2D eigenvalue weighted by Gasteiger charge is -2.42. The van der Waals surface area contributed by atoms with Crippen LogP contribution in [0.4, 0.5) is 0 Å². The molecule has 0 heterocycles. The van der Waals surface area contributed by atoms with E-state index in [-0.39, 0.29) is 10.8 Å². The first-order valence-corrected chi connectivity index (χ1v) is 13.6. The Kier molecular flexibility index (Phi) is 9.40. The number of aliphatic hydroxyl groups is 2. The van der Waals surface area contributed by atoms with Crippen molar-refractivity contribution in [2.45, 2.75) is 91.8 Å². The van der Waals surface area contributed by atoms with Gasteiger partial charge in [0.15, 0.2) is 0 Å². The van der Waals surface area contributed by atoms with Gasteiger partial charge in [0.1, 0.15) is 6.61 Å². The summed E-state index contributed by atoms with van der Waals surface area (Å²) in [6.45, 7) is 19.4. The van der Waals surface area contributed by atoms with Crippen LogP contribution in [0.15, 0.2) is 77.1 Å². The largest absolute Gasteiger partial charge is 0.393 e. The minimum atomic E-state index is -0.638. The lowest BCUT2D eigenvalue weighted by Crippen LogP contribution is -2.32. The number of aliphatic hydroxyl groups excluding tert-OH is 2. The minimum Gasteiger partial charge on any atom is -0.393 e. The van der Waals surface area contributed by atoms with Gasteiger partial charge in [-0.05, 0) is 73.0 Å². The summed E-state index contributed by atoms with van der Waals surface area (Å²) < 4.78 is 0. The average Bonchev–Trinajstić information content (AvgIpc) is 3.16. The van der Waals surface area contributed by atoms with E-state index in [0.29, 0.717) is 31.3 Å². The molecule has 5 atom stereocenters. The van der Waals surface area contributed by atoms with E-state index >= 15 is 0 Å². The fourth-order valence-corrected chi connectivity index (χ4v) is 6.17. The lowest BCUT2D eigenvalue weighted by atomic mass is 9.62. The number of fused-ring (bicyclic) bond motifs is 1. The van der Waals surface area contributed by atoms with E-state index in [1.807, 2.05) is 0 Å². The van der Waals surface area contributed by atoms with Crippen molar-refractivity contribution in [3.63, 3.8) is 0 Å². The average molecular weight is 494 g/mol. The second kappa shape index (κ2) is 11.9. The molecule has 3 aliphatic carbocycles. The Labute approximate surface area is 218 Å². The Morgan fingerprint density at radius 3 is 2.75 bits per heavy atom. The number of hydrogen-bond donors (Lipinski definition) is 2. The van der Waals surface area contributed by atoms with Crippen LogP contribution in [0, 0.1) is 22.7 Å². The molecule has 0 radical (unpaired) electrons. The fraction of sp³-hybridized carbons (Fsp3) is 0.594. The SMILES string of the molecule is C=CCO/N=C(\C=C\C[C@H](C)C1=CC[C@H]2/C(=C/C=C3/C[C@@H](O)C[C@H](O)C3=C)CCC[C@]12C)C(C)(C)C. The molecule has 198 valence electrons. The van der Waals surface area contributed by atoms with Crippen LogP contribution in [0.2, 0.25) is 0 Å². The Morgan fingerprint density at radius 2 is 2.06 bits per heavy atom. The van der Waals surface area contributed by atoms with Crippen LogP contribution in [0.25, 0.3) is 0 Å². The predicted molar refractivity (Wildman–Crippen MR) is 151 cm³/mol. The first-order chi connectivity index (χ1) is 17.0. The van der Waals surface area contributed by atoms with E-state index in [9.17, 15) is 10.2 Å². The molecule has 0 aromatic heterocycles. The quantitative estimate of drug-likeness (QED) is 0.162. The smallest absolute Gasteiger partial charge is 0.135 e. The lowest BCUT2D eigenvalue weighted by molar-refractivity contribution is 0.0862. The Morgan fingerprint density at radius 1 is 1.31 bits per heavy atom. The molecule has 2 saturated carbocycles. The van der Waals surface area contributed by atoms with Gasteiger partial charge in [0, 0.05) is 11.8 Å². The molecule has 0 aromatic carbocycles. The second-order valence-electron chi connectivity index (χ2n) is 12.1.